The van der Waals surface area contributed by atoms with Crippen molar-refractivity contribution in [3.05, 3.63) is 51.9 Å². The maximum atomic E-state index is 17.8. The van der Waals surface area contributed by atoms with Crippen LogP contribution in [-0.4, -0.2) is 108 Å². The van der Waals surface area contributed by atoms with Crippen LogP contribution < -0.4 is 15.6 Å². The lowest BCUT2D eigenvalue weighted by molar-refractivity contribution is -0.155. The summed E-state index contributed by atoms with van der Waals surface area (Å²) in [6.07, 6.45) is 4.60. The van der Waals surface area contributed by atoms with E-state index in [0.717, 1.165) is 72.6 Å². The summed E-state index contributed by atoms with van der Waals surface area (Å²) >= 11 is 1.35. The molecule has 6 heterocycles. The van der Waals surface area contributed by atoms with E-state index in [2.05, 4.69) is 59.0 Å². The molecule has 3 aliphatic heterocycles. The van der Waals surface area contributed by atoms with Crippen LogP contribution in [0.1, 0.15) is 88.6 Å². The van der Waals surface area contributed by atoms with E-state index in [1.54, 1.807) is 13.2 Å². The highest BCUT2D eigenvalue weighted by molar-refractivity contribution is 7.10. The number of esters is 1. The van der Waals surface area contributed by atoms with Gasteiger partial charge in [0.1, 0.15) is 18.2 Å². The molecule has 326 valence electrons. The number of hydrogen-bond donors (Lipinski definition) is 2. The number of hydrazine groups is 1. The number of fused-ring (bicyclic) bond motifs is 11. The molecule has 2 unspecified atom stereocenters. The Balaban J connectivity index is 1.17. The summed E-state index contributed by atoms with van der Waals surface area (Å²) in [5.74, 6) is -1.05. The number of anilines is 1. The number of amides is 2. The highest BCUT2D eigenvalue weighted by Crippen LogP contribution is 2.53. The van der Waals surface area contributed by atoms with Crippen molar-refractivity contribution in [3.8, 4) is 22.5 Å². The van der Waals surface area contributed by atoms with Gasteiger partial charge < -0.3 is 29.2 Å². The molecule has 0 spiro atoms. The maximum absolute atomic E-state index is 17.8. The van der Waals surface area contributed by atoms with E-state index >= 15 is 4.39 Å². The Morgan fingerprint density at radius 2 is 1.85 bits per heavy atom. The topological polar surface area (TPSA) is 134 Å². The van der Waals surface area contributed by atoms with Crippen LogP contribution in [-0.2, 0) is 36.8 Å². The quantitative estimate of drug-likeness (QED) is 0.213. The summed E-state index contributed by atoms with van der Waals surface area (Å²) in [5, 5.41) is 7.78. The fourth-order valence-electron chi connectivity index (χ4n) is 10.6. The molecule has 7 atom stereocenters. The first kappa shape index (κ1) is 41.9. The van der Waals surface area contributed by atoms with Crippen LogP contribution in [0.25, 0.3) is 33.4 Å². The summed E-state index contributed by atoms with van der Waals surface area (Å²) < 4.78 is 32.1. The number of likely N-dealkylation sites (N-methyl/N-ethyl adjacent to an activating group) is 1. The Labute approximate surface area is 361 Å². The number of piperazine rings is 1. The van der Waals surface area contributed by atoms with Crippen molar-refractivity contribution >= 4 is 45.7 Å². The first-order valence-electron chi connectivity index (χ1n) is 22.1. The van der Waals surface area contributed by atoms with Gasteiger partial charge in [0, 0.05) is 91.9 Å². The van der Waals surface area contributed by atoms with Crippen LogP contribution in [0.4, 0.5) is 10.1 Å². The fraction of sp³-hybridized carbons (Fsp3) is 0.587. The van der Waals surface area contributed by atoms with Crippen LogP contribution in [0.3, 0.4) is 0 Å². The minimum absolute atomic E-state index is 0.0586. The molecule has 4 aromatic rings. The Bertz CT molecular complexity index is 2340. The fourth-order valence-corrected chi connectivity index (χ4v) is 11.5. The number of hydrogen-bond acceptors (Lipinski definition) is 11. The molecule has 13 nitrogen and oxygen atoms in total. The van der Waals surface area contributed by atoms with Crippen LogP contribution in [0.2, 0.25) is 0 Å². The highest BCUT2D eigenvalue weighted by atomic mass is 32.1. The predicted octanol–water partition coefficient (Wildman–Crippen LogP) is 6.31. The van der Waals surface area contributed by atoms with Gasteiger partial charge in [-0.1, -0.05) is 53.5 Å². The number of nitrogens with zero attached hydrogens (tertiary/aromatic N) is 6. The van der Waals surface area contributed by atoms with Gasteiger partial charge in [-0.05, 0) is 49.4 Å². The number of pyridine rings is 1. The molecule has 2 saturated heterocycles. The molecule has 1 saturated carbocycles. The number of methoxy groups -OCH3 is 1. The number of nitrogens with one attached hydrogen (secondary N) is 2. The SMILES string of the molecule is CC[C@@H]1C(C(=O)N[C@H]2Cc3nc(cs3)-c3ccc4c5c(n(c4c3F)CC(C)(C)COC(=O)[C@@H]3CCCN(N3)C2=O)-c2cc(N3CCN(C)CC3)cnc2[C@@H](OC)C5C)[C@@H]1CC. The standard InChI is InChI=1S/C46H59FN8O5S/c1-8-27-28(9-2)37(27)43(56)50-33-20-35-49-34(22-61-35)29-12-13-30-36-25(3)42(59-7)39-31(19-26(21-48-39)53-17-15-52(6)16-18-53)40(36)54(41(30)38(29)47)23-46(4,5)24-60-45(58)32-11-10-14-55(51-32)44(33)57/h12-13,19,21-22,25,27-28,32-33,37,42,51H,8-11,14-18,20,23-24H2,1-7H3,(H,50,56)/t25?,27-,28+,32-,33-,37?,42-/m0/s1. The molecule has 5 aliphatic rings. The number of cyclic esters (lactones) is 1. The van der Waals surface area contributed by atoms with E-state index in [1.807, 2.05) is 31.5 Å². The van der Waals surface area contributed by atoms with Crippen molar-refractivity contribution in [3.63, 3.8) is 0 Å². The van der Waals surface area contributed by atoms with E-state index in [0.29, 0.717) is 47.7 Å². The van der Waals surface area contributed by atoms with Crippen LogP contribution in [0.15, 0.2) is 29.8 Å². The van der Waals surface area contributed by atoms with Gasteiger partial charge in [-0.3, -0.25) is 24.4 Å². The predicted molar refractivity (Wildman–Crippen MR) is 233 cm³/mol. The molecule has 3 fully saturated rings. The lowest BCUT2D eigenvalue weighted by Crippen LogP contribution is -2.60. The molecular formula is C46H59FN8O5S. The number of rotatable bonds is 6. The van der Waals surface area contributed by atoms with Crippen molar-refractivity contribution in [2.45, 2.75) is 97.4 Å². The minimum atomic E-state index is -0.932. The average molecular weight is 855 g/mol. The van der Waals surface area contributed by atoms with Gasteiger partial charge in [0.05, 0.1) is 46.1 Å². The van der Waals surface area contributed by atoms with Gasteiger partial charge in [-0.25, -0.2) is 14.8 Å². The second-order valence-corrected chi connectivity index (χ2v) is 19.6. The zero-order valence-corrected chi connectivity index (χ0v) is 37.2. The lowest BCUT2D eigenvalue weighted by Gasteiger charge is -2.36. The zero-order valence-electron chi connectivity index (χ0n) is 36.4. The van der Waals surface area contributed by atoms with E-state index in [-0.39, 0.29) is 54.6 Å². The third kappa shape index (κ3) is 7.52. The van der Waals surface area contributed by atoms with Crippen molar-refractivity contribution in [1.82, 2.24) is 35.2 Å². The van der Waals surface area contributed by atoms with Crippen molar-refractivity contribution in [1.29, 1.82) is 0 Å². The lowest BCUT2D eigenvalue weighted by atomic mass is 9.81. The Morgan fingerprint density at radius 1 is 1.10 bits per heavy atom. The second kappa shape index (κ2) is 16.4. The number of carbonyl (C=O) groups excluding carboxylic acids is 3. The monoisotopic (exact) mass is 854 g/mol. The van der Waals surface area contributed by atoms with E-state index in [4.69, 9.17) is 19.4 Å². The first-order chi connectivity index (χ1) is 29.3. The number of thiazole rings is 1. The van der Waals surface area contributed by atoms with E-state index in [1.165, 1.54) is 16.3 Å². The first-order valence-corrected chi connectivity index (χ1v) is 23.0. The van der Waals surface area contributed by atoms with Gasteiger partial charge in [-0.2, -0.15) is 0 Å². The molecule has 61 heavy (non-hydrogen) atoms. The minimum Gasteiger partial charge on any atom is -0.464 e. The van der Waals surface area contributed by atoms with Crippen molar-refractivity contribution in [2.24, 2.45) is 23.2 Å². The average Bonchev–Trinajstić information content (AvgIpc) is 3.63. The zero-order chi connectivity index (χ0) is 42.9. The van der Waals surface area contributed by atoms with Crippen LogP contribution >= 0.6 is 11.3 Å². The van der Waals surface area contributed by atoms with Crippen LogP contribution in [0, 0.1) is 29.0 Å². The Hall–Kier alpha value is -4.44. The Kier molecular flexibility index (Phi) is 11.2. The van der Waals surface area contributed by atoms with Gasteiger partial charge in [-0.15, -0.1) is 11.3 Å². The van der Waals surface area contributed by atoms with E-state index in [9.17, 15) is 14.4 Å². The van der Waals surface area contributed by atoms with Crippen LogP contribution in [0.5, 0.6) is 0 Å². The molecule has 9 rings (SSSR count). The molecule has 6 bridgehead atoms. The normalized spacial score (nSPS) is 27.9. The summed E-state index contributed by atoms with van der Waals surface area (Å²) in [6, 6.07) is 4.32. The van der Waals surface area contributed by atoms with Gasteiger partial charge in [0.2, 0.25) is 5.91 Å². The van der Waals surface area contributed by atoms with Gasteiger partial charge >= 0.3 is 5.97 Å². The molecule has 0 radical (unpaired) electrons. The third-order valence-electron chi connectivity index (χ3n) is 14.0. The number of halogens is 1. The largest absolute Gasteiger partial charge is 0.464 e. The number of benzene rings is 1. The number of aromatic nitrogens is 3. The molecule has 2 N–H and O–H groups in total. The molecule has 2 aliphatic carbocycles. The molecule has 2 amide bonds. The highest BCUT2D eigenvalue weighted by Gasteiger charge is 2.52. The van der Waals surface area contributed by atoms with Gasteiger partial charge in [0.15, 0.2) is 5.82 Å². The number of ether oxygens (including phenoxy) is 2. The summed E-state index contributed by atoms with van der Waals surface area (Å²) in [7, 11) is 3.84. The number of carbonyl (C=O) groups is 3. The molecular weight excluding hydrogens is 796 g/mol. The summed E-state index contributed by atoms with van der Waals surface area (Å²) in [6.45, 7) is 14.8. The third-order valence-corrected chi connectivity index (χ3v) is 14.9. The van der Waals surface area contributed by atoms with Crippen molar-refractivity contribution in [2.75, 3.05) is 58.4 Å². The smallest absolute Gasteiger partial charge is 0.324 e. The summed E-state index contributed by atoms with van der Waals surface area (Å²) in [4.78, 5) is 56.6. The summed E-state index contributed by atoms with van der Waals surface area (Å²) in [5.41, 5.74) is 8.38. The Morgan fingerprint density at radius 3 is 2.57 bits per heavy atom. The molecule has 1 aromatic carbocycles. The van der Waals surface area contributed by atoms with Crippen molar-refractivity contribution < 1.29 is 28.2 Å². The van der Waals surface area contributed by atoms with E-state index < -0.39 is 29.3 Å². The molecule has 3 aromatic heterocycles. The van der Waals surface area contributed by atoms with Gasteiger partial charge in [0.25, 0.3) is 5.91 Å². The second-order valence-electron chi connectivity index (χ2n) is 18.7. The maximum Gasteiger partial charge on any atom is 0.324 e. The molecule has 15 heteroatoms.